The standard InChI is InChI=1S/C22H21N3O3S3/c1-4-25-21(27)19-14(17-6-5-9-29-17)11-30-20(19)24-22(25)31-12-18(26)23-15-10-13(2)7-8-16(15)28-3/h5-11H,4,12H2,1-3H3,(H,23,26). The van der Waals surface area contributed by atoms with Crippen molar-refractivity contribution >= 4 is 56.2 Å². The van der Waals surface area contributed by atoms with Crippen LogP contribution in [0.1, 0.15) is 12.5 Å². The number of thiophene rings is 2. The number of aromatic nitrogens is 2. The summed E-state index contributed by atoms with van der Waals surface area (Å²) >= 11 is 4.32. The molecule has 0 saturated carbocycles. The van der Waals surface area contributed by atoms with Crippen molar-refractivity contribution in [3.8, 4) is 16.2 Å². The minimum atomic E-state index is -0.184. The first-order valence-electron chi connectivity index (χ1n) is 9.65. The average molecular weight is 472 g/mol. The molecule has 1 aromatic carbocycles. The van der Waals surface area contributed by atoms with E-state index in [2.05, 4.69) is 5.32 Å². The Labute approximate surface area is 191 Å². The molecule has 0 radical (unpaired) electrons. The van der Waals surface area contributed by atoms with Gasteiger partial charge >= 0.3 is 0 Å². The second-order valence-corrected chi connectivity index (χ2v) is 9.54. The van der Waals surface area contributed by atoms with Crippen molar-refractivity contribution < 1.29 is 9.53 Å². The van der Waals surface area contributed by atoms with Crippen LogP contribution in [0, 0.1) is 6.92 Å². The molecule has 31 heavy (non-hydrogen) atoms. The number of hydrogen-bond acceptors (Lipinski definition) is 7. The molecule has 0 unspecified atom stereocenters. The molecule has 0 aliphatic rings. The summed E-state index contributed by atoms with van der Waals surface area (Å²) < 4.78 is 6.96. The number of anilines is 1. The Balaban J connectivity index is 1.58. The lowest BCUT2D eigenvalue weighted by atomic mass is 10.2. The van der Waals surface area contributed by atoms with E-state index in [1.165, 1.54) is 23.1 Å². The van der Waals surface area contributed by atoms with Crippen LogP contribution in [0.15, 0.2) is 51.0 Å². The van der Waals surface area contributed by atoms with Crippen molar-refractivity contribution in [2.75, 3.05) is 18.2 Å². The maximum Gasteiger partial charge on any atom is 0.263 e. The molecule has 1 N–H and O–H groups in total. The van der Waals surface area contributed by atoms with Gasteiger partial charge in [-0.3, -0.25) is 14.2 Å². The highest BCUT2D eigenvalue weighted by molar-refractivity contribution is 7.99. The Kier molecular flexibility index (Phi) is 6.45. The number of benzene rings is 1. The molecule has 0 saturated heterocycles. The third-order valence-corrected chi connectivity index (χ3v) is 7.47. The fraction of sp³-hybridized carbons (Fsp3) is 0.227. The van der Waals surface area contributed by atoms with Crippen molar-refractivity contribution in [1.29, 1.82) is 0 Å². The summed E-state index contributed by atoms with van der Waals surface area (Å²) in [6.07, 6.45) is 0. The summed E-state index contributed by atoms with van der Waals surface area (Å²) in [6.45, 7) is 4.35. The molecule has 0 fully saturated rings. The highest BCUT2D eigenvalue weighted by atomic mass is 32.2. The Hall–Kier alpha value is -2.62. The molecule has 160 valence electrons. The third kappa shape index (κ3) is 4.39. The van der Waals surface area contributed by atoms with Crippen molar-refractivity contribution in [1.82, 2.24) is 9.55 Å². The highest BCUT2D eigenvalue weighted by Gasteiger charge is 2.18. The number of nitrogens with zero attached hydrogens (tertiary/aromatic N) is 2. The van der Waals surface area contributed by atoms with Crippen molar-refractivity contribution in [3.05, 3.63) is 57.0 Å². The zero-order chi connectivity index (χ0) is 22.0. The molecule has 1 amide bonds. The molecular weight excluding hydrogens is 450 g/mol. The Bertz CT molecular complexity index is 1290. The Morgan fingerprint density at radius 2 is 2.13 bits per heavy atom. The van der Waals surface area contributed by atoms with E-state index in [0.717, 1.165) is 16.0 Å². The highest BCUT2D eigenvalue weighted by Crippen LogP contribution is 2.34. The number of fused-ring (bicyclic) bond motifs is 1. The van der Waals surface area contributed by atoms with Gasteiger partial charge in [-0.2, -0.15) is 0 Å². The SMILES string of the molecule is CCn1c(SCC(=O)Nc2cc(C)ccc2OC)nc2scc(-c3cccs3)c2c1=O. The van der Waals surface area contributed by atoms with E-state index < -0.39 is 0 Å². The van der Waals surface area contributed by atoms with Gasteiger partial charge in [-0.25, -0.2) is 4.98 Å². The van der Waals surface area contributed by atoms with E-state index >= 15 is 0 Å². The fourth-order valence-corrected chi connectivity index (χ4v) is 5.91. The van der Waals surface area contributed by atoms with Crippen LogP contribution in [-0.2, 0) is 11.3 Å². The summed E-state index contributed by atoms with van der Waals surface area (Å²) in [5.74, 6) is 0.558. The van der Waals surface area contributed by atoms with Gasteiger partial charge in [0, 0.05) is 22.4 Å². The number of amides is 1. The molecule has 0 aliphatic carbocycles. The maximum atomic E-state index is 13.2. The van der Waals surface area contributed by atoms with Gasteiger partial charge in [-0.15, -0.1) is 22.7 Å². The number of ether oxygens (including phenoxy) is 1. The average Bonchev–Trinajstić information content (AvgIpc) is 3.42. The van der Waals surface area contributed by atoms with Gasteiger partial charge in [-0.05, 0) is 43.0 Å². The van der Waals surface area contributed by atoms with E-state index in [4.69, 9.17) is 9.72 Å². The molecular formula is C22H21N3O3S3. The van der Waals surface area contributed by atoms with E-state index in [0.29, 0.717) is 33.4 Å². The summed E-state index contributed by atoms with van der Waals surface area (Å²) in [4.78, 5) is 32.3. The first-order valence-corrected chi connectivity index (χ1v) is 12.4. The molecule has 3 heterocycles. The number of thioether (sulfide) groups is 1. The van der Waals surface area contributed by atoms with Crippen LogP contribution in [0.25, 0.3) is 20.7 Å². The zero-order valence-corrected chi connectivity index (χ0v) is 19.7. The number of aryl methyl sites for hydroxylation is 1. The van der Waals surface area contributed by atoms with Gasteiger partial charge in [0.05, 0.1) is 23.9 Å². The zero-order valence-electron chi connectivity index (χ0n) is 17.3. The van der Waals surface area contributed by atoms with Gasteiger partial charge in [0.25, 0.3) is 5.56 Å². The van der Waals surface area contributed by atoms with Gasteiger partial charge in [0.15, 0.2) is 5.16 Å². The second kappa shape index (κ2) is 9.25. The van der Waals surface area contributed by atoms with E-state index in [-0.39, 0.29) is 17.2 Å². The molecule has 6 nitrogen and oxygen atoms in total. The topological polar surface area (TPSA) is 73.2 Å². The monoisotopic (exact) mass is 471 g/mol. The van der Waals surface area contributed by atoms with Crippen molar-refractivity contribution in [2.45, 2.75) is 25.5 Å². The van der Waals surface area contributed by atoms with Gasteiger partial charge in [0.2, 0.25) is 5.91 Å². The second-order valence-electron chi connectivity index (χ2n) is 6.79. The summed E-state index contributed by atoms with van der Waals surface area (Å²) in [5.41, 5.74) is 2.51. The van der Waals surface area contributed by atoms with Gasteiger partial charge in [-0.1, -0.05) is 23.9 Å². The number of rotatable bonds is 7. The lowest BCUT2D eigenvalue weighted by Crippen LogP contribution is -2.23. The molecule has 4 rings (SSSR count). The van der Waals surface area contributed by atoms with Crippen LogP contribution in [0.4, 0.5) is 5.69 Å². The molecule has 0 spiro atoms. The smallest absolute Gasteiger partial charge is 0.263 e. The summed E-state index contributed by atoms with van der Waals surface area (Å²) in [6, 6.07) is 9.60. The van der Waals surface area contributed by atoms with Crippen LogP contribution in [-0.4, -0.2) is 28.3 Å². The van der Waals surface area contributed by atoms with Crippen LogP contribution < -0.4 is 15.6 Å². The minimum absolute atomic E-state index is 0.0691. The van der Waals surface area contributed by atoms with Crippen molar-refractivity contribution in [3.63, 3.8) is 0 Å². The largest absolute Gasteiger partial charge is 0.495 e. The number of nitrogens with one attached hydrogen (secondary N) is 1. The molecule has 0 aliphatic heterocycles. The van der Waals surface area contributed by atoms with Crippen LogP contribution in [0.2, 0.25) is 0 Å². The van der Waals surface area contributed by atoms with Crippen molar-refractivity contribution in [2.24, 2.45) is 0 Å². The first-order chi connectivity index (χ1) is 15.0. The Morgan fingerprint density at radius 1 is 1.29 bits per heavy atom. The number of methoxy groups -OCH3 is 1. The van der Waals surface area contributed by atoms with Gasteiger partial charge in [0.1, 0.15) is 10.6 Å². The minimum Gasteiger partial charge on any atom is -0.495 e. The molecule has 9 heteroatoms. The predicted molar refractivity (Wildman–Crippen MR) is 130 cm³/mol. The van der Waals surface area contributed by atoms with Crippen LogP contribution >= 0.6 is 34.4 Å². The first kappa shape index (κ1) is 21.6. The van der Waals surface area contributed by atoms with Gasteiger partial charge < -0.3 is 10.1 Å². The van der Waals surface area contributed by atoms with E-state index in [9.17, 15) is 9.59 Å². The summed E-state index contributed by atoms with van der Waals surface area (Å²) in [5, 5.41) is 8.06. The number of carbonyl (C=O) groups is 1. The molecule has 3 aromatic heterocycles. The third-order valence-electron chi connectivity index (χ3n) is 4.72. The fourth-order valence-electron chi connectivity index (χ4n) is 3.24. The lowest BCUT2D eigenvalue weighted by molar-refractivity contribution is -0.113. The normalized spacial score (nSPS) is 11.1. The van der Waals surface area contributed by atoms with Crippen LogP contribution in [0.5, 0.6) is 5.75 Å². The number of hydrogen-bond donors (Lipinski definition) is 1. The molecule has 4 aromatic rings. The van der Waals surface area contributed by atoms with Crippen LogP contribution in [0.3, 0.4) is 0 Å². The molecule has 0 atom stereocenters. The Morgan fingerprint density at radius 3 is 2.84 bits per heavy atom. The maximum absolute atomic E-state index is 13.2. The molecule has 0 bridgehead atoms. The lowest BCUT2D eigenvalue weighted by Gasteiger charge is -2.12. The predicted octanol–water partition coefficient (Wildman–Crippen LogP) is 5.25. The van der Waals surface area contributed by atoms with E-state index in [1.54, 1.807) is 23.0 Å². The van der Waals surface area contributed by atoms with E-state index in [1.807, 2.05) is 54.9 Å². The number of carbonyl (C=O) groups excluding carboxylic acids is 1. The quantitative estimate of drug-likeness (QED) is 0.294. The summed E-state index contributed by atoms with van der Waals surface area (Å²) in [7, 11) is 1.57.